The Labute approximate surface area is 185 Å². The summed E-state index contributed by atoms with van der Waals surface area (Å²) < 4.78 is 33.5. The number of ether oxygens (including phenoxy) is 1. The maximum absolute atomic E-state index is 13.6. The van der Waals surface area contributed by atoms with Gasteiger partial charge in [0, 0.05) is 22.7 Å². The lowest BCUT2D eigenvalue weighted by molar-refractivity contribution is 0.0637. The summed E-state index contributed by atoms with van der Waals surface area (Å²) in [4.78, 5) is 13.2. The maximum atomic E-state index is 13.6. The minimum absolute atomic E-state index is 0.00658. The number of aryl methyl sites for hydroxylation is 1. The van der Waals surface area contributed by atoms with E-state index in [4.69, 9.17) is 27.9 Å². The molecule has 0 saturated heterocycles. The Kier molecular flexibility index (Phi) is 6.83. The molecule has 3 aromatic carbocycles. The fraction of sp³-hybridized carbons (Fsp3) is 0.136. The van der Waals surface area contributed by atoms with Crippen LogP contribution in [0.1, 0.15) is 15.9 Å². The first-order valence-electron chi connectivity index (χ1n) is 8.93. The van der Waals surface area contributed by atoms with Crippen LogP contribution in [0.15, 0.2) is 77.7 Å². The second-order valence-electron chi connectivity index (χ2n) is 6.56. The molecule has 30 heavy (non-hydrogen) atoms. The van der Waals surface area contributed by atoms with E-state index < -0.39 is 22.0 Å². The molecule has 0 saturated carbocycles. The third-order valence-electron chi connectivity index (χ3n) is 4.40. The number of anilines is 1. The maximum Gasteiger partial charge on any atom is 0.266 e. The second kappa shape index (κ2) is 9.18. The predicted molar refractivity (Wildman–Crippen MR) is 119 cm³/mol. The number of Topliss-reactive ketones (excluding diaryl/α,β-unsaturated/α-hetero) is 1. The number of benzene rings is 3. The summed E-state index contributed by atoms with van der Waals surface area (Å²) in [6.07, 6.45) is -1.46. The van der Waals surface area contributed by atoms with Gasteiger partial charge in [0.1, 0.15) is 0 Å². The van der Waals surface area contributed by atoms with Gasteiger partial charge in [-0.15, -0.1) is 0 Å². The first kappa shape index (κ1) is 22.3. The van der Waals surface area contributed by atoms with Gasteiger partial charge in [-0.05, 0) is 37.3 Å². The average Bonchev–Trinajstić information content (AvgIpc) is 2.71. The Hall–Kier alpha value is -2.38. The van der Waals surface area contributed by atoms with E-state index in [0.29, 0.717) is 5.56 Å². The van der Waals surface area contributed by atoms with Gasteiger partial charge >= 0.3 is 0 Å². The van der Waals surface area contributed by atoms with Crippen molar-refractivity contribution in [3.8, 4) is 0 Å². The van der Waals surface area contributed by atoms with Gasteiger partial charge in [-0.25, -0.2) is 12.7 Å². The lowest BCUT2D eigenvalue weighted by Gasteiger charge is -2.31. The third-order valence-corrected chi connectivity index (χ3v) is 6.62. The Balaban J connectivity index is 2.20. The topological polar surface area (TPSA) is 63.7 Å². The average molecular weight is 464 g/mol. The van der Waals surface area contributed by atoms with Crippen molar-refractivity contribution >= 4 is 44.7 Å². The summed E-state index contributed by atoms with van der Waals surface area (Å²) in [5.74, 6) is -0.523. The van der Waals surface area contributed by atoms with Gasteiger partial charge < -0.3 is 4.74 Å². The van der Waals surface area contributed by atoms with Crippen LogP contribution in [0.4, 0.5) is 5.69 Å². The normalized spacial score (nSPS) is 12.4. The molecule has 0 aliphatic rings. The Morgan fingerprint density at radius 2 is 1.50 bits per heavy atom. The van der Waals surface area contributed by atoms with Crippen molar-refractivity contribution in [2.24, 2.45) is 0 Å². The minimum atomic E-state index is -4.20. The van der Waals surface area contributed by atoms with E-state index in [1.165, 1.54) is 37.4 Å². The van der Waals surface area contributed by atoms with Gasteiger partial charge in [0.2, 0.25) is 12.0 Å². The van der Waals surface area contributed by atoms with E-state index in [0.717, 1.165) is 9.87 Å². The van der Waals surface area contributed by atoms with Gasteiger partial charge in [0.15, 0.2) is 0 Å². The number of hydrogen-bond donors (Lipinski definition) is 0. The van der Waals surface area contributed by atoms with Crippen LogP contribution in [0.2, 0.25) is 10.0 Å². The Morgan fingerprint density at radius 3 is 2.03 bits per heavy atom. The van der Waals surface area contributed by atoms with Crippen LogP contribution < -0.4 is 4.31 Å². The summed E-state index contributed by atoms with van der Waals surface area (Å²) in [7, 11) is -2.93. The lowest BCUT2D eigenvalue weighted by atomic mass is 10.1. The zero-order chi connectivity index (χ0) is 21.9. The number of methoxy groups -OCH3 is 1. The van der Waals surface area contributed by atoms with Crippen molar-refractivity contribution in [3.05, 3.63) is 94.0 Å². The molecule has 0 N–H and O–H groups in total. The number of rotatable bonds is 7. The molecule has 0 spiro atoms. The highest BCUT2D eigenvalue weighted by molar-refractivity contribution is 7.92. The van der Waals surface area contributed by atoms with Crippen molar-refractivity contribution in [2.45, 2.75) is 18.0 Å². The van der Waals surface area contributed by atoms with Crippen LogP contribution in [-0.4, -0.2) is 27.5 Å². The number of hydrogen-bond acceptors (Lipinski definition) is 4. The van der Waals surface area contributed by atoms with Crippen LogP contribution in [-0.2, 0) is 14.8 Å². The van der Waals surface area contributed by atoms with Gasteiger partial charge in [-0.1, -0.05) is 71.2 Å². The number of nitrogens with zero attached hydrogens (tertiary/aromatic N) is 1. The van der Waals surface area contributed by atoms with Crippen molar-refractivity contribution in [1.29, 1.82) is 0 Å². The second-order valence-corrected chi connectivity index (χ2v) is 9.25. The van der Waals surface area contributed by atoms with Crippen LogP contribution in [0, 0.1) is 6.92 Å². The number of sulfonamides is 1. The van der Waals surface area contributed by atoms with Crippen LogP contribution >= 0.6 is 23.2 Å². The summed E-state index contributed by atoms with van der Waals surface area (Å²) in [5, 5.41) is 0.451. The first-order chi connectivity index (χ1) is 14.2. The summed E-state index contributed by atoms with van der Waals surface area (Å²) >= 11 is 12.2. The molecule has 3 rings (SSSR count). The SMILES string of the molecule is COC(C(=O)c1ccccc1)N(c1cc(Cl)cc(Cl)c1)S(=O)(=O)c1ccc(C)cc1. The molecule has 0 aliphatic heterocycles. The van der Waals surface area contributed by atoms with Crippen LogP contribution in [0.5, 0.6) is 0 Å². The number of halogens is 2. The smallest absolute Gasteiger partial charge is 0.266 e. The van der Waals surface area contributed by atoms with Crippen molar-refractivity contribution in [2.75, 3.05) is 11.4 Å². The number of carbonyl (C=O) groups excluding carboxylic acids is 1. The largest absolute Gasteiger partial charge is 0.353 e. The molecule has 8 heteroatoms. The van der Waals surface area contributed by atoms with Crippen molar-refractivity contribution < 1.29 is 17.9 Å². The highest BCUT2D eigenvalue weighted by atomic mass is 35.5. The zero-order valence-electron chi connectivity index (χ0n) is 16.2. The van der Waals surface area contributed by atoms with Crippen LogP contribution in [0.3, 0.4) is 0 Å². The number of carbonyl (C=O) groups is 1. The zero-order valence-corrected chi connectivity index (χ0v) is 18.6. The monoisotopic (exact) mass is 463 g/mol. The van der Waals surface area contributed by atoms with E-state index in [1.807, 2.05) is 6.92 Å². The van der Waals surface area contributed by atoms with Gasteiger partial charge in [0.05, 0.1) is 10.6 Å². The van der Waals surface area contributed by atoms with E-state index in [1.54, 1.807) is 42.5 Å². The molecule has 156 valence electrons. The quantitative estimate of drug-likeness (QED) is 0.349. The van der Waals surface area contributed by atoms with E-state index in [-0.39, 0.29) is 20.6 Å². The van der Waals surface area contributed by atoms with Gasteiger partial charge in [-0.3, -0.25) is 4.79 Å². The van der Waals surface area contributed by atoms with Gasteiger partial charge in [0.25, 0.3) is 10.0 Å². The summed E-state index contributed by atoms with van der Waals surface area (Å²) in [6.45, 7) is 1.85. The fourth-order valence-electron chi connectivity index (χ4n) is 2.94. The van der Waals surface area contributed by atoms with E-state index in [9.17, 15) is 13.2 Å². The van der Waals surface area contributed by atoms with Crippen molar-refractivity contribution in [3.63, 3.8) is 0 Å². The fourth-order valence-corrected chi connectivity index (χ4v) is 4.98. The Bertz CT molecular complexity index is 1130. The molecule has 0 bridgehead atoms. The molecule has 0 fully saturated rings. The number of ketones is 1. The third kappa shape index (κ3) is 4.68. The highest BCUT2D eigenvalue weighted by Crippen LogP contribution is 2.32. The van der Waals surface area contributed by atoms with Gasteiger partial charge in [-0.2, -0.15) is 0 Å². The van der Waals surface area contributed by atoms with E-state index in [2.05, 4.69) is 0 Å². The molecule has 3 aromatic rings. The molecule has 0 amide bonds. The summed E-state index contributed by atoms with van der Waals surface area (Å²) in [5.41, 5.74) is 1.32. The molecule has 5 nitrogen and oxygen atoms in total. The molecular weight excluding hydrogens is 445 g/mol. The Morgan fingerprint density at radius 1 is 0.933 bits per heavy atom. The molecule has 0 heterocycles. The summed E-state index contributed by atoms with van der Waals surface area (Å²) in [6, 6.07) is 18.9. The molecule has 1 unspecified atom stereocenters. The molecule has 0 aliphatic carbocycles. The van der Waals surface area contributed by atoms with E-state index >= 15 is 0 Å². The molecule has 0 aromatic heterocycles. The first-order valence-corrected chi connectivity index (χ1v) is 11.1. The van der Waals surface area contributed by atoms with Crippen molar-refractivity contribution in [1.82, 2.24) is 0 Å². The lowest BCUT2D eigenvalue weighted by Crippen LogP contribution is -2.46. The standard InChI is InChI=1S/C22H19Cl2NO4S/c1-15-8-10-20(11-9-15)30(27,28)25(19-13-17(23)12-18(24)14-19)22(29-2)21(26)16-6-4-3-5-7-16/h3-14,22H,1-2H3. The predicted octanol–water partition coefficient (Wildman–Crippen LogP) is 5.35. The molecule has 1 atom stereocenters. The van der Waals surface area contributed by atoms with Crippen LogP contribution in [0.25, 0.3) is 0 Å². The molecule has 0 radical (unpaired) electrons. The minimum Gasteiger partial charge on any atom is -0.353 e. The highest BCUT2D eigenvalue weighted by Gasteiger charge is 2.37. The molecular formula is C22H19Cl2NO4S.